The number of carbonyl (C=O) groups is 2. The van der Waals surface area contributed by atoms with Crippen LogP contribution in [0.1, 0.15) is 31.3 Å². The molecule has 1 aromatic heterocycles. The first-order valence-electron chi connectivity index (χ1n) is 9.51. The first-order valence-corrected chi connectivity index (χ1v) is 10.8. The third kappa shape index (κ3) is 6.16. The lowest BCUT2D eigenvalue weighted by Gasteiger charge is -2.34. The molecule has 156 valence electrons. The van der Waals surface area contributed by atoms with Crippen LogP contribution in [0.3, 0.4) is 0 Å². The second kappa shape index (κ2) is 9.11. The number of anilines is 2. The lowest BCUT2D eigenvalue weighted by molar-refractivity contribution is -0.124. The largest absolute Gasteiger partial charge is 0.350 e. The van der Waals surface area contributed by atoms with Gasteiger partial charge in [-0.1, -0.05) is 23.7 Å². The number of rotatable bonds is 5. The summed E-state index contributed by atoms with van der Waals surface area (Å²) in [4.78, 5) is 33.1. The molecule has 3 rings (SSSR count). The van der Waals surface area contributed by atoms with Gasteiger partial charge in [0.05, 0.1) is 17.3 Å². The van der Waals surface area contributed by atoms with E-state index in [9.17, 15) is 9.59 Å². The van der Waals surface area contributed by atoms with Gasteiger partial charge in [-0.25, -0.2) is 4.98 Å². The SMILES string of the molecule is CC(C)(C)NC(=O)CN1CCN(C(=O)c2csc(Nc3ccccc3Cl)n2)CC1. The zero-order valence-electron chi connectivity index (χ0n) is 16.9. The molecule has 0 spiro atoms. The van der Waals surface area contributed by atoms with Crippen LogP contribution in [0.15, 0.2) is 29.6 Å². The summed E-state index contributed by atoms with van der Waals surface area (Å²) in [6.45, 7) is 8.72. The minimum Gasteiger partial charge on any atom is -0.350 e. The number of amides is 2. The van der Waals surface area contributed by atoms with Gasteiger partial charge in [0.2, 0.25) is 5.91 Å². The molecule has 2 amide bonds. The molecule has 1 aliphatic rings. The number of hydrogen-bond donors (Lipinski definition) is 2. The van der Waals surface area contributed by atoms with Gasteiger partial charge in [0.1, 0.15) is 5.69 Å². The van der Waals surface area contributed by atoms with Crippen LogP contribution >= 0.6 is 22.9 Å². The van der Waals surface area contributed by atoms with E-state index in [0.717, 1.165) is 5.69 Å². The van der Waals surface area contributed by atoms with Crippen molar-refractivity contribution in [2.75, 3.05) is 38.0 Å². The topological polar surface area (TPSA) is 77.6 Å². The van der Waals surface area contributed by atoms with Gasteiger partial charge in [-0.15, -0.1) is 11.3 Å². The van der Waals surface area contributed by atoms with E-state index in [4.69, 9.17) is 11.6 Å². The number of para-hydroxylation sites is 1. The van der Waals surface area contributed by atoms with Gasteiger partial charge in [0.15, 0.2) is 5.13 Å². The Labute approximate surface area is 180 Å². The van der Waals surface area contributed by atoms with Crippen LogP contribution in [0.5, 0.6) is 0 Å². The number of hydrogen-bond acceptors (Lipinski definition) is 6. The van der Waals surface area contributed by atoms with Crippen molar-refractivity contribution in [3.63, 3.8) is 0 Å². The van der Waals surface area contributed by atoms with Crippen molar-refractivity contribution < 1.29 is 9.59 Å². The molecule has 0 saturated carbocycles. The monoisotopic (exact) mass is 435 g/mol. The third-order valence-corrected chi connectivity index (χ3v) is 5.47. The summed E-state index contributed by atoms with van der Waals surface area (Å²) >= 11 is 7.52. The van der Waals surface area contributed by atoms with Gasteiger partial charge in [-0.05, 0) is 32.9 Å². The lowest BCUT2D eigenvalue weighted by Crippen LogP contribution is -2.52. The first kappa shape index (κ1) is 21.5. The minimum absolute atomic E-state index is 0.00654. The van der Waals surface area contributed by atoms with Crippen LogP contribution in [0, 0.1) is 0 Å². The summed E-state index contributed by atoms with van der Waals surface area (Å²) in [6.07, 6.45) is 0. The highest BCUT2D eigenvalue weighted by molar-refractivity contribution is 7.14. The van der Waals surface area contributed by atoms with E-state index in [0.29, 0.717) is 48.6 Å². The molecular formula is C20H26ClN5O2S. The molecule has 0 aliphatic carbocycles. The number of carbonyl (C=O) groups excluding carboxylic acids is 2. The zero-order valence-corrected chi connectivity index (χ0v) is 18.4. The summed E-state index contributed by atoms with van der Waals surface area (Å²) in [5.41, 5.74) is 0.933. The van der Waals surface area contributed by atoms with Gasteiger partial charge in [0.25, 0.3) is 5.91 Å². The lowest BCUT2D eigenvalue weighted by atomic mass is 10.1. The minimum atomic E-state index is -0.241. The standard InChI is InChI=1S/C20H26ClN5O2S/c1-20(2,3)24-17(27)12-25-8-10-26(11-9-25)18(28)16-13-29-19(23-16)22-15-7-5-4-6-14(15)21/h4-7,13H,8-12H2,1-3H3,(H,22,23)(H,24,27). The molecular weight excluding hydrogens is 410 g/mol. The number of benzene rings is 1. The van der Waals surface area contributed by atoms with E-state index in [1.54, 1.807) is 16.3 Å². The molecule has 1 fully saturated rings. The Morgan fingerprint density at radius 3 is 2.52 bits per heavy atom. The Hall–Kier alpha value is -2.16. The fourth-order valence-corrected chi connectivity index (χ4v) is 3.92. The Morgan fingerprint density at radius 2 is 1.86 bits per heavy atom. The van der Waals surface area contributed by atoms with Crippen molar-refractivity contribution in [2.45, 2.75) is 26.3 Å². The maximum absolute atomic E-state index is 12.8. The Balaban J connectivity index is 1.52. The smallest absolute Gasteiger partial charge is 0.273 e. The quantitative estimate of drug-likeness (QED) is 0.754. The van der Waals surface area contributed by atoms with E-state index in [-0.39, 0.29) is 17.4 Å². The van der Waals surface area contributed by atoms with Crippen molar-refractivity contribution in [3.05, 3.63) is 40.4 Å². The van der Waals surface area contributed by atoms with Crippen molar-refractivity contribution in [2.24, 2.45) is 0 Å². The third-order valence-electron chi connectivity index (χ3n) is 4.38. The summed E-state index contributed by atoms with van der Waals surface area (Å²) < 4.78 is 0. The average molecular weight is 436 g/mol. The second-order valence-electron chi connectivity index (χ2n) is 8.01. The van der Waals surface area contributed by atoms with Crippen molar-refractivity contribution in [1.82, 2.24) is 20.1 Å². The molecule has 2 heterocycles. The summed E-state index contributed by atoms with van der Waals surface area (Å²) in [7, 11) is 0. The highest BCUT2D eigenvalue weighted by Gasteiger charge is 2.25. The van der Waals surface area contributed by atoms with Crippen LogP contribution in [-0.4, -0.2) is 64.9 Å². The highest BCUT2D eigenvalue weighted by atomic mass is 35.5. The van der Waals surface area contributed by atoms with Crippen LogP contribution < -0.4 is 10.6 Å². The van der Waals surface area contributed by atoms with E-state index in [2.05, 4.69) is 20.5 Å². The molecule has 2 N–H and O–H groups in total. The van der Waals surface area contributed by atoms with E-state index < -0.39 is 0 Å². The number of piperazine rings is 1. The fourth-order valence-electron chi connectivity index (χ4n) is 3.04. The van der Waals surface area contributed by atoms with Crippen molar-refractivity contribution in [3.8, 4) is 0 Å². The van der Waals surface area contributed by atoms with Gasteiger partial charge < -0.3 is 15.5 Å². The molecule has 0 radical (unpaired) electrons. The zero-order chi connectivity index (χ0) is 21.0. The maximum Gasteiger partial charge on any atom is 0.273 e. The molecule has 29 heavy (non-hydrogen) atoms. The summed E-state index contributed by atoms with van der Waals surface area (Å²) in [6, 6.07) is 7.40. The van der Waals surface area contributed by atoms with Crippen molar-refractivity contribution >= 4 is 45.6 Å². The normalized spacial score (nSPS) is 15.2. The molecule has 1 aromatic carbocycles. The number of nitrogens with zero attached hydrogens (tertiary/aromatic N) is 3. The van der Waals surface area contributed by atoms with E-state index >= 15 is 0 Å². The fraction of sp³-hybridized carbons (Fsp3) is 0.450. The number of nitrogens with one attached hydrogen (secondary N) is 2. The second-order valence-corrected chi connectivity index (χ2v) is 9.27. The van der Waals surface area contributed by atoms with Crippen LogP contribution in [-0.2, 0) is 4.79 Å². The number of thiazole rings is 1. The molecule has 1 aliphatic heterocycles. The first-order chi connectivity index (χ1) is 13.7. The summed E-state index contributed by atoms with van der Waals surface area (Å²) in [5, 5.41) is 9.09. The molecule has 2 aromatic rings. The molecule has 1 saturated heterocycles. The predicted octanol–water partition coefficient (Wildman–Crippen LogP) is 3.21. The van der Waals surface area contributed by atoms with Gasteiger partial charge >= 0.3 is 0 Å². The molecule has 9 heteroatoms. The highest BCUT2D eigenvalue weighted by Crippen LogP contribution is 2.27. The van der Waals surface area contributed by atoms with Crippen molar-refractivity contribution in [1.29, 1.82) is 0 Å². The maximum atomic E-state index is 12.8. The van der Waals surface area contributed by atoms with Crippen LogP contribution in [0.4, 0.5) is 10.8 Å². The Kier molecular flexibility index (Phi) is 6.77. The van der Waals surface area contributed by atoms with Gasteiger partial charge in [-0.3, -0.25) is 14.5 Å². The van der Waals surface area contributed by atoms with Crippen LogP contribution in [0.2, 0.25) is 5.02 Å². The molecule has 0 atom stereocenters. The molecule has 7 nitrogen and oxygen atoms in total. The van der Waals surface area contributed by atoms with Gasteiger partial charge in [0, 0.05) is 37.1 Å². The number of halogens is 1. The Morgan fingerprint density at radius 1 is 1.17 bits per heavy atom. The molecule has 0 bridgehead atoms. The number of aromatic nitrogens is 1. The van der Waals surface area contributed by atoms with E-state index in [1.165, 1.54) is 11.3 Å². The van der Waals surface area contributed by atoms with E-state index in [1.807, 2.05) is 39.0 Å². The summed E-state index contributed by atoms with van der Waals surface area (Å²) in [5.74, 6) is -0.0840. The average Bonchev–Trinajstić information content (AvgIpc) is 3.11. The van der Waals surface area contributed by atoms with Gasteiger partial charge in [-0.2, -0.15) is 0 Å². The predicted molar refractivity (Wildman–Crippen MR) is 117 cm³/mol. The molecule has 0 unspecified atom stereocenters. The Bertz CT molecular complexity index is 872. The van der Waals surface area contributed by atoms with Crippen LogP contribution in [0.25, 0.3) is 0 Å².